The van der Waals surface area contributed by atoms with E-state index in [4.69, 9.17) is 0 Å². The highest BCUT2D eigenvalue weighted by molar-refractivity contribution is 8.16. The average molecular weight is 470 g/mol. The summed E-state index contributed by atoms with van der Waals surface area (Å²) in [5.41, 5.74) is 0.407. The zero-order chi connectivity index (χ0) is 23.0. The lowest BCUT2D eigenvalue weighted by atomic mass is 9.85. The number of carbonyl (C=O) groups excluding carboxylic acids is 3. The topological polar surface area (TPSA) is 94.4 Å². The number of thioether (sulfide) groups is 1. The van der Waals surface area contributed by atoms with Gasteiger partial charge in [-0.3, -0.25) is 29.3 Å². The summed E-state index contributed by atoms with van der Waals surface area (Å²) < 4.78 is 15.8. The maximum absolute atomic E-state index is 15.8. The second-order valence-electron chi connectivity index (χ2n) is 8.62. The third kappa shape index (κ3) is 4.02. The quantitative estimate of drug-likeness (QED) is 0.635. The number of fused-ring (bicyclic) bond motifs is 1. The summed E-state index contributed by atoms with van der Waals surface area (Å²) in [6, 6.07) is 6.68. The maximum Gasteiger partial charge on any atom is 0.265 e. The molecule has 0 radical (unpaired) electrons. The van der Waals surface area contributed by atoms with Crippen LogP contribution in [0.1, 0.15) is 16.8 Å². The van der Waals surface area contributed by atoms with E-state index >= 15 is 4.39 Å². The molecule has 8 nitrogen and oxygen atoms in total. The molecule has 0 spiro atoms. The summed E-state index contributed by atoms with van der Waals surface area (Å²) >= 11 is 1.64. The standard InChI is InChI=1S/C23H24FN5O3S/c24-23-4-6-28(12-19-16(14-31)9-26-20(27-19)21-25-5-7-33-21)10-17(23)11-29(22(23)32)18-3-1-2-15(8-18)13-30/h1-3,8,13-14,17H,4-7,9-12H2,(H,26,27). The molecular formula is C23H24FN5O3S. The Balaban J connectivity index is 1.30. The van der Waals surface area contributed by atoms with Gasteiger partial charge in [-0.15, -0.1) is 11.8 Å². The largest absolute Gasteiger partial charge is 0.340 e. The highest BCUT2D eigenvalue weighted by Gasteiger charge is 2.57. The summed E-state index contributed by atoms with van der Waals surface area (Å²) in [5, 5.41) is 4.12. The van der Waals surface area contributed by atoms with Crippen LogP contribution in [0.2, 0.25) is 0 Å². The van der Waals surface area contributed by atoms with Crippen molar-refractivity contribution in [3.63, 3.8) is 0 Å². The summed E-state index contributed by atoms with van der Waals surface area (Å²) in [7, 11) is 0. The molecule has 33 heavy (non-hydrogen) atoms. The third-order valence-electron chi connectivity index (χ3n) is 6.62. The number of hydrogen-bond donors (Lipinski definition) is 1. The van der Waals surface area contributed by atoms with Crippen LogP contribution in [0.4, 0.5) is 10.1 Å². The molecule has 2 fully saturated rings. The third-order valence-corrected chi connectivity index (χ3v) is 7.60. The van der Waals surface area contributed by atoms with E-state index in [0.29, 0.717) is 55.1 Å². The Hall–Kier alpha value is -2.85. The molecule has 2 unspecified atom stereocenters. The van der Waals surface area contributed by atoms with Gasteiger partial charge in [-0.2, -0.15) is 0 Å². The lowest BCUT2D eigenvalue weighted by molar-refractivity contribution is -0.131. The van der Waals surface area contributed by atoms with Gasteiger partial charge < -0.3 is 10.2 Å². The number of halogens is 1. The van der Waals surface area contributed by atoms with Crippen molar-refractivity contribution in [2.24, 2.45) is 15.9 Å². The highest BCUT2D eigenvalue weighted by Crippen LogP contribution is 2.41. The first-order valence-electron chi connectivity index (χ1n) is 11.0. The number of aldehydes is 2. The SMILES string of the molecule is O=CC1=C(CN2CCC3(F)C(=O)N(c4cccc(C=O)c4)CC3C2)NC(C2=NCCS2)=NC1. The monoisotopic (exact) mass is 469 g/mol. The Morgan fingerprint density at radius 3 is 2.88 bits per heavy atom. The van der Waals surface area contributed by atoms with E-state index < -0.39 is 17.5 Å². The Kier molecular flexibility index (Phi) is 5.88. The number of nitrogens with one attached hydrogen (secondary N) is 1. The van der Waals surface area contributed by atoms with Gasteiger partial charge >= 0.3 is 0 Å². The fraction of sp³-hybridized carbons (Fsp3) is 0.435. The first-order valence-corrected chi connectivity index (χ1v) is 11.9. The lowest BCUT2D eigenvalue weighted by Gasteiger charge is -2.37. The molecule has 2 atom stereocenters. The van der Waals surface area contributed by atoms with Crippen LogP contribution in [0.25, 0.3) is 0 Å². The van der Waals surface area contributed by atoms with Crippen LogP contribution in [-0.2, 0) is 9.59 Å². The molecule has 10 heteroatoms. The molecule has 2 saturated heterocycles. The van der Waals surface area contributed by atoms with Crippen molar-refractivity contribution >= 4 is 46.8 Å². The molecule has 1 N–H and O–H groups in total. The summed E-state index contributed by atoms with van der Waals surface area (Å²) in [6.45, 7) is 2.55. The summed E-state index contributed by atoms with van der Waals surface area (Å²) in [5.74, 6) is 0.574. The van der Waals surface area contributed by atoms with Crippen LogP contribution < -0.4 is 10.2 Å². The van der Waals surface area contributed by atoms with Gasteiger partial charge in [0.1, 0.15) is 17.6 Å². The van der Waals surface area contributed by atoms with Gasteiger partial charge in [0.15, 0.2) is 11.5 Å². The van der Waals surface area contributed by atoms with Gasteiger partial charge in [0.2, 0.25) is 0 Å². The number of aliphatic imine (C=N–C) groups is 2. The van der Waals surface area contributed by atoms with Crippen LogP contribution >= 0.6 is 11.8 Å². The van der Waals surface area contributed by atoms with Crippen molar-refractivity contribution in [3.8, 4) is 0 Å². The molecule has 1 aromatic rings. The highest BCUT2D eigenvalue weighted by atomic mass is 32.2. The maximum atomic E-state index is 15.8. The van der Waals surface area contributed by atoms with E-state index in [1.165, 1.54) is 4.90 Å². The fourth-order valence-electron chi connectivity index (χ4n) is 4.81. The van der Waals surface area contributed by atoms with E-state index in [1.54, 1.807) is 36.0 Å². The molecule has 4 aliphatic heterocycles. The van der Waals surface area contributed by atoms with Gasteiger partial charge in [-0.05, 0) is 12.1 Å². The second-order valence-corrected chi connectivity index (χ2v) is 9.70. The Morgan fingerprint density at radius 1 is 1.24 bits per heavy atom. The zero-order valence-corrected chi connectivity index (χ0v) is 18.8. The molecule has 4 aliphatic rings. The first-order chi connectivity index (χ1) is 16.0. The van der Waals surface area contributed by atoms with Gasteiger partial charge in [0, 0.05) is 73.3 Å². The Bertz CT molecular complexity index is 1100. The first kappa shape index (κ1) is 22.0. The predicted octanol–water partition coefficient (Wildman–Crippen LogP) is 1.48. The Morgan fingerprint density at radius 2 is 2.12 bits per heavy atom. The summed E-state index contributed by atoms with van der Waals surface area (Å²) in [4.78, 5) is 48.2. The molecule has 5 rings (SSSR count). The number of benzene rings is 1. The number of hydrogen-bond acceptors (Lipinski definition) is 8. The van der Waals surface area contributed by atoms with Crippen molar-refractivity contribution in [3.05, 3.63) is 41.1 Å². The lowest BCUT2D eigenvalue weighted by Crippen LogP contribution is -2.52. The van der Waals surface area contributed by atoms with Crippen LogP contribution in [0.15, 0.2) is 45.5 Å². The number of likely N-dealkylation sites (tertiary alicyclic amines) is 1. The Labute approximate surface area is 195 Å². The van der Waals surface area contributed by atoms with Crippen molar-refractivity contribution < 1.29 is 18.8 Å². The number of nitrogens with zero attached hydrogens (tertiary/aromatic N) is 4. The van der Waals surface area contributed by atoms with E-state index in [9.17, 15) is 14.4 Å². The van der Waals surface area contributed by atoms with Gasteiger partial charge in [-0.25, -0.2) is 4.39 Å². The van der Waals surface area contributed by atoms with Crippen molar-refractivity contribution in [2.75, 3.05) is 49.9 Å². The molecular weight excluding hydrogens is 445 g/mol. The minimum atomic E-state index is -1.92. The van der Waals surface area contributed by atoms with Gasteiger partial charge in [-0.1, -0.05) is 12.1 Å². The van der Waals surface area contributed by atoms with E-state index in [-0.39, 0.29) is 13.0 Å². The normalized spacial score (nSPS) is 27.7. The van der Waals surface area contributed by atoms with E-state index in [0.717, 1.165) is 29.3 Å². The van der Waals surface area contributed by atoms with Gasteiger partial charge in [0.05, 0.1) is 6.54 Å². The molecule has 0 aromatic heterocycles. The predicted molar refractivity (Wildman–Crippen MR) is 126 cm³/mol. The minimum absolute atomic E-state index is 0.0909. The molecule has 1 amide bonds. The number of rotatable bonds is 6. The van der Waals surface area contributed by atoms with Crippen molar-refractivity contribution in [1.29, 1.82) is 0 Å². The van der Waals surface area contributed by atoms with Crippen LogP contribution in [0.3, 0.4) is 0 Å². The number of amides is 1. The molecule has 172 valence electrons. The summed E-state index contributed by atoms with van der Waals surface area (Å²) in [6.07, 6.45) is 1.62. The van der Waals surface area contributed by atoms with Gasteiger partial charge in [0.25, 0.3) is 5.91 Å². The number of alkyl halides is 1. The smallest absolute Gasteiger partial charge is 0.265 e. The van der Waals surface area contributed by atoms with Crippen molar-refractivity contribution in [1.82, 2.24) is 10.2 Å². The molecule has 0 aliphatic carbocycles. The molecule has 4 heterocycles. The number of anilines is 1. The fourth-order valence-corrected chi connectivity index (χ4v) is 5.62. The number of carbonyl (C=O) groups is 3. The number of amidine groups is 1. The molecule has 0 bridgehead atoms. The van der Waals surface area contributed by atoms with Crippen LogP contribution in [-0.4, -0.2) is 84.9 Å². The number of piperidine rings is 1. The average Bonchev–Trinajstić information content (AvgIpc) is 3.47. The molecule has 1 aromatic carbocycles. The zero-order valence-electron chi connectivity index (χ0n) is 18.0. The van der Waals surface area contributed by atoms with Crippen LogP contribution in [0.5, 0.6) is 0 Å². The van der Waals surface area contributed by atoms with Crippen molar-refractivity contribution in [2.45, 2.75) is 12.1 Å². The van der Waals surface area contributed by atoms with E-state index in [2.05, 4.69) is 20.2 Å². The van der Waals surface area contributed by atoms with Crippen LogP contribution in [0, 0.1) is 5.92 Å². The van der Waals surface area contributed by atoms with E-state index in [1.807, 2.05) is 0 Å². The second kappa shape index (κ2) is 8.83. The minimum Gasteiger partial charge on any atom is -0.340 e. The molecule has 0 saturated carbocycles.